The van der Waals surface area contributed by atoms with E-state index in [9.17, 15) is 4.79 Å². The lowest BCUT2D eigenvalue weighted by molar-refractivity contribution is -0.123. The van der Waals surface area contributed by atoms with E-state index >= 15 is 0 Å². The summed E-state index contributed by atoms with van der Waals surface area (Å²) in [6, 6.07) is 13.5. The van der Waals surface area contributed by atoms with Crippen molar-refractivity contribution < 1.29 is 14.3 Å². The summed E-state index contributed by atoms with van der Waals surface area (Å²) >= 11 is 0. The number of aromatic nitrogens is 3. The Hall–Kier alpha value is -3.39. The average Bonchev–Trinajstić information content (AvgIpc) is 3.33. The van der Waals surface area contributed by atoms with E-state index in [0.29, 0.717) is 5.75 Å². The number of carbonyl (C=O) groups is 1. The molecule has 1 N–H and O–H groups in total. The Labute approximate surface area is 182 Å². The van der Waals surface area contributed by atoms with E-state index in [4.69, 9.17) is 9.47 Å². The Kier molecular flexibility index (Phi) is 7.25. The Balaban J connectivity index is 1.61. The molecule has 0 spiro atoms. The number of hydrogen-bond acceptors (Lipinski definition) is 6. The predicted molar refractivity (Wildman–Crippen MR) is 119 cm³/mol. The lowest BCUT2D eigenvalue weighted by Crippen LogP contribution is -2.37. The quantitative estimate of drug-likeness (QED) is 0.569. The molecule has 8 nitrogen and oxygen atoms in total. The zero-order valence-corrected chi connectivity index (χ0v) is 18.6. The van der Waals surface area contributed by atoms with Crippen LogP contribution in [0.5, 0.6) is 11.5 Å². The van der Waals surface area contributed by atoms with Crippen LogP contribution in [0.3, 0.4) is 0 Å². The smallest absolute Gasteiger partial charge is 0.234 e. The monoisotopic (exact) mass is 423 g/mol. The number of ether oxygens (including phenoxy) is 2. The average molecular weight is 424 g/mol. The van der Waals surface area contributed by atoms with Gasteiger partial charge in [0.2, 0.25) is 5.91 Å². The zero-order chi connectivity index (χ0) is 22.4. The molecule has 0 fully saturated rings. The van der Waals surface area contributed by atoms with E-state index < -0.39 is 0 Å². The molecule has 1 aromatic heterocycles. The summed E-state index contributed by atoms with van der Waals surface area (Å²) in [7, 11) is 5.17. The molecular weight excluding hydrogens is 394 g/mol. The SMILES string of the molecule is COc1ccc(OC)c([C@@H](C)NC(=O)CN(C)[C@H](C)c2ccc(-n3cncn3)cc2)c1. The molecule has 1 heterocycles. The van der Waals surface area contributed by atoms with Crippen LogP contribution in [-0.2, 0) is 4.79 Å². The number of amides is 1. The van der Waals surface area contributed by atoms with Gasteiger partial charge in [0.25, 0.3) is 0 Å². The second-order valence-corrected chi connectivity index (χ2v) is 7.42. The van der Waals surface area contributed by atoms with Gasteiger partial charge < -0.3 is 14.8 Å². The van der Waals surface area contributed by atoms with Gasteiger partial charge in [0.1, 0.15) is 24.2 Å². The van der Waals surface area contributed by atoms with Crippen molar-refractivity contribution in [2.45, 2.75) is 25.9 Å². The third-order valence-electron chi connectivity index (χ3n) is 5.39. The molecule has 3 rings (SSSR count). The Morgan fingerprint density at radius 2 is 1.87 bits per heavy atom. The molecule has 2 atom stereocenters. The van der Waals surface area contributed by atoms with Crippen LogP contribution < -0.4 is 14.8 Å². The molecule has 0 bridgehead atoms. The van der Waals surface area contributed by atoms with Gasteiger partial charge in [-0.05, 0) is 56.8 Å². The highest BCUT2D eigenvalue weighted by atomic mass is 16.5. The van der Waals surface area contributed by atoms with E-state index in [1.807, 2.05) is 61.3 Å². The fourth-order valence-corrected chi connectivity index (χ4v) is 3.41. The molecule has 0 radical (unpaired) electrons. The molecule has 0 saturated heterocycles. The molecule has 0 aliphatic heterocycles. The van der Waals surface area contributed by atoms with E-state index in [1.165, 1.54) is 6.33 Å². The number of rotatable bonds is 9. The highest BCUT2D eigenvalue weighted by molar-refractivity contribution is 5.78. The second-order valence-electron chi connectivity index (χ2n) is 7.42. The molecule has 0 unspecified atom stereocenters. The van der Waals surface area contributed by atoms with Crippen molar-refractivity contribution in [2.75, 3.05) is 27.8 Å². The minimum absolute atomic E-state index is 0.0639. The van der Waals surface area contributed by atoms with Gasteiger partial charge in [-0.25, -0.2) is 9.67 Å². The van der Waals surface area contributed by atoms with Gasteiger partial charge >= 0.3 is 0 Å². The van der Waals surface area contributed by atoms with Crippen molar-refractivity contribution in [2.24, 2.45) is 0 Å². The standard InChI is InChI=1S/C23H29N5O3/c1-16(21-12-20(30-4)10-11-22(21)31-5)26-23(29)13-27(3)17(2)18-6-8-19(9-7-18)28-15-24-14-25-28/h6-12,14-17H,13H2,1-5H3,(H,26,29)/t16-,17-/m1/s1. The summed E-state index contributed by atoms with van der Waals surface area (Å²) in [6.07, 6.45) is 3.17. The first kappa shape index (κ1) is 22.3. The summed E-state index contributed by atoms with van der Waals surface area (Å²) in [4.78, 5) is 18.7. The van der Waals surface area contributed by atoms with Crippen LogP contribution in [0.15, 0.2) is 55.1 Å². The van der Waals surface area contributed by atoms with E-state index in [0.717, 1.165) is 22.6 Å². The first-order valence-corrected chi connectivity index (χ1v) is 10.1. The van der Waals surface area contributed by atoms with Gasteiger partial charge in [-0.1, -0.05) is 12.1 Å². The van der Waals surface area contributed by atoms with E-state index in [-0.39, 0.29) is 24.5 Å². The van der Waals surface area contributed by atoms with Gasteiger partial charge in [-0.3, -0.25) is 9.69 Å². The highest BCUT2D eigenvalue weighted by Crippen LogP contribution is 2.29. The maximum atomic E-state index is 12.7. The van der Waals surface area contributed by atoms with Crippen molar-refractivity contribution >= 4 is 5.91 Å². The zero-order valence-electron chi connectivity index (χ0n) is 18.6. The molecule has 2 aromatic carbocycles. The summed E-state index contributed by atoms with van der Waals surface area (Å²) in [6.45, 7) is 4.27. The molecule has 0 aliphatic rings. The third kappa shape index (κ3) is 5.40. The van der Waals surface area contributed by atoms with Crippen molar-refractivity contribution in [3.63, 3.8) is 0 Å². The number of benzene rings is 2. The summed E-state index contributed by atoms with van der Waals surface area (Å²) in [5.41, 5.74) is 2.92. The Bertz CT molecular complexity index is 989. The molecule has 0 aliphatic carbocycles. The summed E-state index contributed by atoms with van der Waals surface area (Å²) in [5.74, 6) is 1.37. The largest absolute Gasteiger partial charge is 0.497 e. The fraction of sp³-hybridized carbons (Fsp3) is 0.348. The Morgan fingerprint density at radius 1 is 1.13 bits per heavy atom. The predicted octanol–water partition coefficient (Wildman–Crippen LogP) is 3.15. The molecule has 164 valence electrons. The van der Waals surface area contributed by atoms with Gasteiger partial charge in [0.15, 0.2) is 0 Å². The lowest BCUT2D eigenvalue weighted by Gasteiger charge is -2.26. The summed E-state index contributed by atoms with van der Waals surface area (Å²) in [5, 5.41) is 7.19. The van der Waals surface area contributed by atoms with E-state index in [1.54, 1.807) is 25.2 Å². The molecule has 1 amide bonds. The van der Waals surface area contributed by atoms with Gasteiger partial charge in [-0.15, -0.1) is 0 Å². The van der Waals surface area contributed by atoms with Crippen LogP contribution in [-0.4, -0.2) is 53.4 Å². The third-order valence-corrected chi connectivity index (χ3v) is 5.39. The number of nitrogens with zero attached hydrogens (tertiary/aromatic N) is 4. The summed E-state index contributed by atoms with van der Waals surface area (Å²) < 4.78 is 12.4. The van der Waals surface area contributed by atoms with Crippen molar-refractivity contribution in [1.82, 2.24) is 25.0 Å². The van der Waals surface area contributed by atoms with Gasteiger partial charge in [-0.2, -0.15) is 5.10 Å². The Morgan fingerprint density at radius 3 is 2.48 bits per heavy atom. The topological polar surface area (TPSA) is 81.5 Å². The number of likely N-dealkylation sites (N-methyl/N-ethyl adjacent to an activating group) is 1. The van der Waals surface area contributed by atoms with Gasteiger partial charge in [0.05, 0.1) is 32.5 Å². The van der Waals surface area contributed by atoms with Crippen molar-refractivity contribution in [3.8, 4) is 17.2 Å². The number of carbonyl (C=O) groups excluding carboxylic acids is 1. The number of nitrogens with one attached hydrogen (secondary N) is 1. The van der Waals surface area contributed by atoms with Crippen LogP contribution in [0.25, 0.3) is 5.69 Å². The van der Waals surface area contributed by atoms with Crippen molar-refractivity contribution in [3.05, 3.63) is 66.2 Å². The normalized spacial score (nSPS) is 13.0. The fourth-order valence-electron chi connectivity index (χ4n) is 3.41. The van der Waals surface area contributed by atoms with Crippen LogP contribution in [0.1, 0.15) is 37.1 Å². The molecule has 8 heteroatoms. The minimum Gasteiger partial charge on any atom is -0.497 e. The second kappa shape index (κ2) is 10.1. The maximum absolute atomic E-state index is 12.7. The van der Waals surface area contributed by atoms with Gasteiger partial charge in [0, 0.05) is 11.6 Å². The lowest BCUT2D eigenvalue weighted by atomic mass is 10.1. The maximum Gasteiger partial charge on any atom is 0.234 e. The van der Waals surface area contributed by atoms with Crippen LogP contribution in [0.2, 0.25) is 0 Å². The number of hydrogen-bond donors (Lipinski definition) is 1. The van der Waals surface area contributed by atoms with E-state index in [2.05, 4.69) is 22.3 Å². The molecule has 0 saturated carbocycles. The van der Waals surface area contributed by atoms with Crippen molar-refractivity contribution in [1.29, 1.82) is 0 Å². The molecule has 31 heavy (non-hydrogen) atoms. The molecule has 3 aromatic rings. The highest BCUT2D eigenvalue weighted by Gasteiger charge is 2.19. The first-order valence-electron chi connectivity index (χ1n) is 10.1. The minimum atomic E-state index is -0.219. The van der Waals surface area contributed by atoms with Crippen LogP contribution in [0.4, 0.5) is 0 Å². The van der Waals surface area contributed by atoms with Crippen LogP contribution >= 0.6 is 0 Å². The number of methoxy groups -OCH3 is 2. The van der Waals surface area contributed by atoms with Crippen LogP contribution in [0, 0.1) is 0 Å². The molecular formula is C23H29N5O3. The first-order chi connectivity index (χ1) is 14.9.